The molecule has 0 unspecified atom stereocenters. The molecule has 0 bridgehead atoms. The number of hydrogen-bond acceptors (Lipinski definition) is 3. The molecule has 0 saturated carbocycles. The van der Waals surface area contributed by atoms with Gasteiger partial charge in [0, 0.05) is 24.5 Å². The van der Waals surface area contributed by atoms with Crippen molar-refractivity contribution in [2.45, 2.75) is 12.8 Å². The van der Waals surface area contributed by atoms with Crippen molar-refractivity contribution >= 4 is 10.9 Å². The van der Waals surface area contributed by atoms with Crippen molar-refractivity contribution in [2.24, 2.45) is 0 Å². The summed E-state index contributed by atoms with van der Waals surface area (Å²) >= 11 is 0. The maximum atomic E-state index is 11.9. The largest absolute Gasteiger partial charge is 0.321 e. The molecular weight excluding hydrogens is 238 g/mol. The molecule has 1 aliphatic heterocycles. The molecule has 1 aromatic heterocycles. The number of fused-ring (bicyclic) bond motifs is 1. The van der Waals surface area contributed by atoms with Gasteiger partial charge in [-0.25, -0.2) is 4.68 Å². The zero-order valence-electron chi connectivity index (χ0n) is 11.0. The third-order valence-corrected chi connectivity index (χ3v) is 3.70. The number of nitrogens with one attached hydrogen (secondary N) is 1. The first kappa shape index (κ1) is 12.2. The van der Waals surface area contributed by atoms with Crippen LogP contribution in [0.15, 0.2) is 41.2 Å². The molecule has 0 aliphatic carbocycles. The Bertz CT molecular complexity index is 614. The SMILES string of the molecule is O=c1ccc2ccccc2n1NCCN1CCCC1. The van der Waals surface area contributed by atoms with E-state index in [4.69, 9.17) is 0 Å². The summed E-state index contributed by atoms with van der Waals surface area (Å²) in [5, 5.41) is 1.08. The average molecular weight is 257 g/mol. The van der Waals surface area contributed by atoms with Gasteiger partial charge in [0.05, 0.1) is 5.52 Å². The highest BCUT2D eigenvalue weighted by molar-refractivity contribution is 5.78. The minimum Gasteiger partial charge on any atom is -0.321 e. The van der Waals surface area contributed by atoms with E-state index in [-0.39, 0.29) is 5.56 Å². The molecule has 2 aromatic rings. The summed E-state index contributed by atoms with van der Waals surface area (Å²) in [6.07, 6.45) is 2.60. The summed E-state index contributed by atoms with van der Waals surface area (Å²) in [4.78, 5) is 14.4. The van der Waals surface area contributed by atoms with Gasteiger partial charge in [0.25, 0.3) is 5.56 Å². The molecule has 0 spiro atoms. The van der Waals surface area contributed by atoms with Crippen LogP contribution in [0.2, 0.25) is 0 Å². The van der Waals surface area contributed by atoms with E-state index in [0.717, 1.165) is 24.0 Å². The van der Waals surface area contributed by atoms with Crippen LogP contribution in [-0.2, 0) is 0 Å². The second kappa shape index (κ2) is 5.45. The van der Waals surface area contributed by atoms with E-state index in [9.17, 15) is 4.79 Å². The number of para-hydroxylation sites is 1. The van der Waals surface area contributed by atoms with Gasteiger partial charge in [-0.05, 0) is 38.1 Å². The summed E-state index contributed by atoms with van der Waals surface area (Å²) in [6.45, 7) is 4.17. The molecule has 19 heavy (non-hydrogen) atoms. The van der Waals surface area contributed by atoms with E-state index >= 15 is 0 Å². The summed E-state index contributed by atoms with van der Waals surface area (Å²) in [7, 11) is 0. The zero-order valence-corrected chi connectivity index (χ0v) is 11.0. The van der Waals surface area contributed by atoms with E-state index < -0.39 is 0 Å². The minimum absolute atomic E-state index is 0.000113. The van der Waals surface area contributed by atoms with Crippen molar-refractivity contribution in [1.29, 1.82) is 0 Å². The molecule has 100 valence electrons. The smallest absolute Gasteiger partial charge is 0.269 e. The number of likely N-dealkylation sites (tertiary alicyclic amines) is 1. The number of benzene rings is 1. The molecule has 1 saturated heterocycles. The normalized spacial score (nSPS) is 16.0. The quantitative estimate of drug-likeness (QED) is 0.904. The Kier molecular flexibility index (Phi) is 3.51. The van der Waals surface area contributed by atoms with Crippen LogP contribution in [0.3, 0.4) is 0 Å². The molecule has 4 nitrogen and oxygen atoms in total. The van der Waals surface area contributed by atoms with Crippen LogP contribution in [0.1, 0.15) is 12.8 Å². The number of pyridine rings is 1. The summed E-state index contributed by atoms with van der Waals surface area (Å²) < 4.78 is 1.66. The molecule has 1 aliphatic rings. The van der Waals surface area contributed by atoms with Crippen molar-refractivity contribution in [3.05, 3.63) is 46.8 Å². The number of rotatable bonds is 4. The fraction of sp³-hybridized carbons (Fsp3) is 0.400. The van der Waals surface area contributed by atoms with Crippen LogP contribution in [0.25, 0.3) is 10.9 Å². The highest BCUT2D eigenvalue weighted by Gasteiger charge is 2.10. The van der Waals surface area contributed by atoms with E-state index in [1.807, 2.05) is 30.3 Å². The third-order valence-electron chi connectivity index (χ3n) is 3.70. The third kappa shape index (κ3) is 2.63. The van der Waals surface area contributed by atoms with Crippen molar-refractivity contribution < 1.29 is 0 Å². The van der Waals surface area contributed by atoms with Crippen molar-refractivity contribution in [3.8, 4) is 0 Å². The Labute approximate surface area is 112 Å². The highest BCUT2D eigenvalue weighted by Crippen LogP contribution is 2.10. The van der Waals surface area contributed by atoms with Gasteiger partial charge in [-0.1, -0.05) is 18.2 Å². The summed E-state index contributed by atoms with van der Waals surface area (Å²) in [5.41, 5.74) is 4.19. The Balaban J connectivity index is 1.76. The van der Waals surface area contributed by atoms with E-state index in [1.54, 1.807) is 10.7 Å². The van der Waals surface area contributed by atoms with Crippen LogP contribution < -0.4 is 11.0 Å². The number of nitrogens with zero attached hydrogens (tertiary/aromatic N) is 2. The lowest BCUT2D eigenvalue weighted by Crippen LogP contribution is -2.34. The van der Waals surface area contributed by atoms with Crippen LogP contribution >= 0.6 is 0 Å². The molecule has 1 N–H and O–H groups in total. The highest BCUT2D eigenvalue weighted by atomic mass is 16.1. The van der Waals surface area contributed by atoms with Gasteiger partial charge in [0.1, 0.15) is 0 Å². The molecule has 2 heterocycles. The minimum atomic E-state index is 0.000113. The predicted molar refractivity (Wildman–Crippen MR) is 78.1 cm³/mol. The lowest BCUT2D eigenvalue weighted by molar-refractivity contribution is 0.349. The predicted octanol–water partition coefficient (Wildman–Crippen LogP) is 1.64. The first-order valence-electron chi connectivity index (χ1n) is 6.92. The fourth-order valence-corrected chi connectivity index (χ4v) is 2.68. The van der Waals surface area contributed by atoms with E-state index in [0.29, 0.717) is 0 Å². The molecule has 1 fully saturated rings. The fourth-order valence-electron chi connectivity index (χ4n) is 2.68. The van der Waals surface area contributed by atoms with E-state index in [1.165, 1.54) is 25.9 Å². The van der Waals surface area contributed by atoms with Crippen LogP contribution in [0, 0.1) is 0 Å². The molecule has 4 heteroatoms. The first-order valence-corrected chi connectivity index (χ1v) is 6.92. The zero-order chi connectivity index (χ0) is 13.1. The molecule has 0 atom stereocenters. The van der Waals surface area contributed by atoms with Gasteiger partial charge in [-0.3, -0.25) is 4.79 Å². The van der Waals surface area contributed by atoms with Gasteiger partial charge >= 0.3 is 0 Å². The topological polar surface area (TPSA) is 37.3 Å². The Morgan fingerprint density at radius 2 is 1.84 bits per heavy atom. The van der Waals surface area contributed by atoms with Crippen molar-refractivity contribution in [2.75, 3.05) is 31.6 Å². The first-order chi connectivity index (χ1) is 9.34. The van der Waals surface area contributed by atoms with Gasteiger partial charge in [-0.2, -0.15) is 0 Å². The monoisotopic (exact) mass is 257 g/mol. The van der Waals surface area contributed by atoms with E-state index in [2.05, 4.69) is 10.3 Å². The second-order valence-corrected chi connectivity index (χ2v) is 5.02. The van der Waals surface area contributed by atoms with Crippen molar-refractivity contribution in [3.63, 3.8) is 0 Å². The van der Waals surface area contributed by atoms with Crippen LogP contribution in [0.5, 0.6) is 0 Å². The number of hydrogen-bond donors (Lipinski definition) is 1. The van der Waals surface area contributed by atoms with Gasteiger partial charge in [0.2, 0.25) is 0 Å². The van der Waals surface area contributed by atoms with Crippen LogP contribution in [-0.4, -0.2) is 35.8 Å². The van der Waals surface area contributed by atoms with Crippen LogP contribution in [0.4, 0.5) is 0 Å². The lowest BCUT2D eigenvalue weighted by atomic mass is 10.2. The Morgan fingerprint density at radius 3 is 2.68 bits per heavy atom. The summed E-state index contributed by atoms with van der Waals surface area (Å²) in [6, 6.07) is 11.4. The van der Waals surface area contributed by atoms with Gasteiger partial charge < -0.3 is 10.3 Å². The molecule has 0 radical (unpaired) electrons. The summed E-state index contributed by atoms with van der Waals surface area (Å²) in [5.74, 6) is 0. The molecular formula is C15H19N3O. The lowest BCUT2D eigenvalue weighted by Gasteiger charge is -2.17. The molecule has 3 rings (SSSR count). The molecule has 1 aromatic carbocycles. The average Bonchev–Trinajstić information content (AvgIpc) is 2.94. The van der Waals surface area contributed by atoms with Gasteiger partial charge in [-0.15, -0.1) is 0 Å². The molecule has 0 amide bonds. The Morgan fingerprint density at radius 1 is 1.05 bits per heavy atom. The van der Waals surface area contributed by atoms with Crippen molar-refractivity contribution in [1.82, 2.24) is 9.58 Å². The standard InChI is InChI=1S/C15H19N3O/c19-15-8-7-13-5-1-2-6-14(13)18(15)16-9-12-17-10-3-4-11-17/h1-2,5-8,16H,3-4,9-12H2. The van der Waals surface area contributed by atoms with Gasteiger partial charge in [0.15, 0.2) is 0 Å². The maximum Gasteiger partial charge on any atom is 0.269 e. The Hall–Kier alpha value is -1.81. The maximum absolute atomic E-state index is 11.9. The number of aromatic nitrogens is 1. The second-order valence-electron chi connectivity index (χ2n) is 5.02.